The van der Waals surface area contributed by atoms with Gasteiger partial charge in [-0.1, -0.05) is 6.92 Å². The van der Waals surface area contributed by atoms with Gasteiger partial charge in [-0.2, -0.15) is 5.10 Å². The smallest absolute Gasteiger partial charge is 0.138 e. The van der Waals surface area contributed by atoms with Gasteiger partial charge in [0.25, 0.3) is 0 Å². The Bertz CT molecular complexity index is 490. The molecule has 2 aromatic rings. The Morgan fingerprint density at radius 3 is 3.00 bits per heavy atom. The molecule has 0 saturated carbocycles. The van der Waals surface area contributed by atoms with Crippen molar-refractivity contribution in [3.63, 3.8) is 0 Å². The third kappa shape index (κ3) is 2.44. The number of aromatic nitrogens is 3. The summed E-state index contributed by atoms with van der Waals surface area (Å²) in [6.45, 7) is 4.90. The predicted octanol–water partition coefficient (Wildman–Crippen LogP) is 1.20. The molecule has 18 heavy (non-hydrogen) atoms. The van der Waals surface area contributed by atoms with Gasteiger partial charge in [0.15, 0.2) is 0 Å². The number of hydrogen-bond donors (Lipinski definition) is 2. The number of hydrogen-bond acceptors (Lipinski definition) is 5. The van der Waals surface area contributed by atoms with Gasteiger partial charge in [-0.3, -0.25) is 16.0 Å². The fourth-order valence-corrected chi connectivity index (χ4v) is 2.10. The molecule has 98 valence electrons. The van der Waals surface area contributed by atoms with E-state index in [0.717, 1.165) is 30.1 Å². The summed E-state index contributed by atoms with van der Waals surface area (Å²) in [5, 5.41) is 4.16. The van der Waals surface area contributed by atoms with Crippen molar-refractivity contribution in [3.05, 3.63) is 35.8 Å². The van der Waals surface area contributed by atoms with Crippen molar-refractivity contribution in [1.29, 1.82) is 0 Å². The van der Waals surface area contributed by atoms with Crippen LogP contribution in [0.5, 0.6) is 0 Å². The van der Waals surface area contributed by atoms with E-state index in [4.69, 9.17) is 10.3 Å². The molecule has 0 bridgehead atoms. The standard InChI is InChI=1S/C12H19N5O/c1-3-11-9(5-6-18-11)10(16-13)7-12-14-8-15-17(12)4-2/h5-6,8,10,16H,3-4,7,13H2,1-2H3. The monoisotopic (exact) mass is 249 g/mol. The minimum Gasteiger partial charge on any atom is -0.469 e. The summed E-state index contributed by atoms with van der Waals surface area (Å²) in [6, 6.07) is 1.95. The summed E-state index contributed by atoms with van der Waals surface area (Å²) in [5.41, 5.74) is 3.92. The van der Waals surface area contributed by atoms with Crippen LogP contribution in [0.3, 0.4) is 0 Å². The molecule has 0 aliphatic carbocycles. The third-order valence-corrected chi connectivity index (χ3v) is 3.06. The van der Waals surface area contributed by atoms with Crippen molar-refractivity contribution >= 4 is 0 Å². The Labute approximate surface area is 106 Å². The van der Waals surface area contributed by atoms with Crippen molar-refractivity contribution in [3.8, 4) is 0 Å². The second-order valence-corrected chi connectivity index (χ2v) is 4.07. The second-order valence-electron chi connectivity index (χ2n) is 4.07. The maximum Gasteiger partial charge on any atom is 0.138 e. The highest BCUT2D eigenvalue weighted by Crippen LogP contribution is 2.22. The molecule has 3 N–H and O–H groups in total. The van der Waals surface area contributed by atoms with E-state index in [1.807, 2.05) is 17.7 Å². The zero-order valence-electron chi connectivity index (χ0n) is 10.8. The van der Waals surface area contributed by atoms with Gasteiger partial charge in [-0.15, -0.1) is 0 Å². The predicted molar refractivity (Wildman–Crippen MR) is 67.6 cm³/mol. The third-order valence-electron chi connectivity index (χ3n) is 3.06. The fraction of sp³-hybridized carbons (Fsp3) is 0.500. The lowest BCUT2D eigenvalue weighted by Crippen LogP contribution is -2.30. The minimum atomic E-state index is -0.00630. The van der Waals surface area contributed by atoms with Gasteiger partial charge in [-0.05, 0) is 13.0 Å². The Morgan fingerprint density at radius 1 is 1.50 bits per heavy atom. The van der Waals surface area contributed by atoms with E-state index in [0.29, 0.717) is 6.42 Å². The number of furan rings is 1. The Hall–Kier alpha value is -1.66. The van der Waals surface area contributed by atoms with Crippen LogP contribution in [0.25, 0.3) is 0 Å². The van der Waals surface area contributed by atoms with Crippen molar-refractivity contribution in [2.75, 3.05) is 0 Å². The van der Waals surface area contributed by atoms with Gasteiger partial charge in [0.2, 0.25) is 0 Å². The van der Waals surface area contributed by atoms with Crippen molar-refractivity contribution in [2.24, 2.45) is 5.84 Å². The van der Waals surface area contributed by atoms with Crippen molar-refractivity contribution in [1.82, 2.24) is 20.2 Å². The topological polar surface area (TPSA) is 81.9 Å². The van der Waals surface area contributed by atoms with Gasteiger partial charge in [-0.25, -0.2) is 4.98 Å². The SMILES string of the molecule is CCc1occc1C(Cc1ncnn1CC)NN. The van der Waals surface area contributed by atoms with Crippen LogP contribution >= 0.6 is 0 Å². The number of nitrogens with two attached hydrogens (primary N) is 1. The van der Waals surface area contributed by atoms with Crippen LogP contribution in [0.1, 0.15) is 37.0 Å². The molecule has 6 nitrogen and oxygen atoms in total. The van der Waals surface area contributed by atoms with E-state index in [2.05, 4.69) is 22.4 Å². The summed E-state index contributed by atoms with van der Waals surface area (Å²) < 4.78 is 7.31. The van der Waals surface area contributed by atoms with Crippen LogP contribution in [0.4, 0.5) is 0 Å². The number of hydrazine groups is 1. The molecule has 0 aliphatic heterocycles. The first-order valence-electron chi connectivity index (χ1n) is 6.19. The first kappa shape index (κ1) is 12.8. The number of nitrogens with zero attached hydrogens (tertiary/aromatic N) is 3. The molecule has 2 aromatic heterocycles. The first-order valence-corrected chi connectivity index (χ1v) is 6.19. The molecule has 1 atom stereocenters. The molecule has 0 fully saturated rings. The largest absolute Gasteiger partial charge is 0.469 e. The van der Waals surface area contributed by atoms with E-state index in [-0.39, 0.29) is 6.04 Å². The molecular weight excluding hydrogens is 230 g/mol. The zero-order valence-corrected chi connectivity index (χ0v) is 10.8. The molecule has 2 heterocycles. The van der Waals surface area contributed by atoms with E-state index in [1.54, 1.807) is 12.6 Å². The summed E-state index contributed by atoms with van der Waals surface area (Å²) in [4.78, 5) is 4.27. The summed E-state index contributed by atoms with van der Waals surface area (Å²) in [5.74, 6) is 7.53. The second kappa shape index (κ2) is 5.79. The molecule has 1 unspecified atom stereocenters. The van der Waals surface area contributed by atoms with Crippen LogP contribution in [-0.2, 0) is 19.4 Å². The van der Waals surface area contributed by atoms with Crippen LogP contribution < -0.4 is 11.3 Å². The van der Waals surface area contributed by atoms with Crippen LogP contribution in [0.2, 0.25) is 0 Å². The van der Waals surface area contributed by atoms with Crippen LogP contribution in [0, 0.1) is 0 Å². The van der Waals surface area contributed by atoms with Crippen molar-refractivity contribution in [2.45, 2.75) is 39.3 Å². The maximum absolute atomic E-state index is 5.65. The molecular formula is C12H19N5O. The van der Waals surface area contributed by atoms with E-state index >= 15 is 0 Å². The van der Waals surface area contributed by atoms with Gasteiger partial charge in [0.1, 0.15) is 17.9 Å². The van der Waals surface area contributed by atoms with Gasteiger partial charge in [0.05, 0.1) is 12.3 Å². The lowest BCUT2D eigenvalue weighted by molar-refractivity contribution is 0.475. The van der Waals surface area contributed by atoms with Crippen LogP contribution in [-0.4, -0.2) is 14.8 Å². The molecule has 0 radical (unpaired) electrons. The Balaban J connectivity index is 2.20. The Morgan fingerprint density at radius 2 is 2.33 bits per heavy atom. The highest BCUT2D eigenvalue weighted by molar-refractivity contribution is 5.22. The molecule has 2 rings (SSSR count). The molecule has 0 amide bonds. The van der Waals surface area contributed by atoms with Gasteiger partial charge < -0.3 is 4.42 Å². The lowest BCUT2D eigenvalue weighted by Gasteiger charge is -2.15. The zero-order chi connectivity index (χ0) is 13.0. The quantitative estimate of drug-likeness (QED) is 0.594. The van der Waals surface area contributed by atoms with Gasteiger partial charge in [0, 0.05) is 24.9 Å². The van der Waals surface area contributed by atoms with Crippen LogP contribution in [0.15, 0.2) is 23.1 Å². The number of aryl methyl sites for hydroxylation is 2. The average molecular weight is 249 g/mol. The summed E-state index contributed by atoms with van der Waals surface area (Å²) >= 11 is 0. The lowest BCUT2D eigenvalue weighted by atomic mass is 10.0. The highest BCUT2D eigenvalue weighted by Gasteiger charge is 2.18. The highest BCUT2D eigenvalue weighted by atomic mass is 16.3. The van der Waals surface area contributed by atoms with E-state index < -0.39 is 0 Å². The summed E-state index contributed by atoms with van der Waals surface area (Å²) in [6.07, 6.45) is 4.81. The first-order chi connectivity index (χ1) is 8.80. The fourth-order valence-electron chi connectivity index (χ4n) is 2.10. The van der Waals surface area contributed by atoms with Crippen molar-refractivity contribution < 1.29 is 4.42 Å². The molecule has 0 aromatic carbocycles. The van der Waals surface area contributed by atoms with Gasteiger partial charge >= 0.3 is 0 Å². The Kier molecular flexibility index (Phi) is 4.11. The molecule has 0 spiro atoms. The number of rotatable bonds is 6. The summed E-state index contributed by atoms with van der Waals surface area (Å²) in [7, 11) is 0. The number of nitrogens with one attached hydrogen (secondary N) is 1. The normalized spacial score (nSPS) is 12.8. The molecule has 6 heteroatoms. The average Bonchev–Trinajstić information content (AvgIpc) is 3.03. The molecule has 0 aliphatic rings. The minimum absolute atomic E-state index is 0.00630. The van der Waals surface area contributed by atoms with E-state index in [9.17, 15) is 0 Å². The van der Waals surface area contributed by atoms with E-state index in [1.165, 1.54) is 0 Å². The maximum atomic E-state index is 5.65. The molecule has 0 saturated heterocycles.